The number of aliphatic hydroxyl groups excluding tert-OH is 1. The Morgan fingerprint density at radius 1 is 1.41 bits per heavy atom. The molecule has 0 amide bonds. The number of methoxy groups -OCH3 is 1. The molecule has 1 aliphatic heterocycles. The van der Waals surface area contributed by atoms with Gasteiger partial charge in [0.1, 0.15) is 26.2 Å². The van der Waals surface area contributed by atoms with Crippen LogP contribution in [0.5, 0.6) is 0 Å². The molecule has 5 atom stereocenters. The molecular weight excluding hydrogens is 250 g/mol. The molecule has 7 nitrogen and oxygen atoms in total. The first-order valence-electron chi connectivity index (χ1n) is 5.36. The van der Waals surface area contributed by atoms with E-state index in [0.29, 0.717) is 13.2 Å². The van der Waals surface area contributed by atoms with Gasteiger partial charge in [-0.1, -0.05) is 0 Å². The fourth-order valence-corrected chi connectivity index (χ4v) is 2.33. The third kappa shape index (κ3) is 4.33. The molecule has 0 radical (unpaired) electrons. The van der Waals surface area contributed by atoms with Crippen molar-refractivity contribution in [2.24, 2.45) is 0 Å². The maximum Gasteiger partial charge on any atom is 0.317 e. The highest BCUT2D eigenvalue weighted by Gasteiger charge is 2.44. The van der Waals surface area contributed by atoms with Gasteiger partial charge in [-0.05, 0) is 0 Å². The second-order valence-electron chi connectivity index (χ2n) is 3.74. The molecule has 1 saturated heterocycles. The monoisotopic (exact) mass is 268 g/mol. The zero-order chi connectivity index (χ0) is 12.8. The van der Waals surface area contributed by atoms with E-state index in [1.165, 1.54) is 0 Å². The Bertz CT molecular complexity index is 254. The van der Waals surface area contributed by atoms with Gasteiger partial charge in [-0.3, -0.25) is 4.57 Å². The van der Waals surface area contributed by atoms with Gasteiger partial charge in [0.15, 0.2) is 0 Å². The van der Waals surface area contributed by atoms with Crippen LogP contribution in [0.15, 0.2) is 0 Å². The highest BCUT2D eigenvalue weighted by Crippen LogP contribution is 2.31. The molecule has 0 saturated carbocycles. The zero-order valence-corrected chi connectivity index (χ0v) is 10.9. The molecule has 9 heteroatoms. The summed E-state index contributed by atoms with van der Waals surface area (Å²) in [6.07, 6.45) is -1.86. The van der Waals surface area contributed by atoms with E-state index >= 15 is 0 Å². The van der Waals surface area contributed by atoms with E-state index in [-0.39, 0.29) is 12.6 Å². The van der Waals surface area contributed by atoms with Gasteiger partial charge >= 0.3 is 8.25 Å². The minimum absolute atomic E-state index is 0.283. The quantitative estimate of drug-likeness (QED) is 0.317. The molecule has 0 bridgehead atoms. The van der Waals surface area contributed by atoms with Crippen molar-refractivity contribution in [1.29, 1.82) is 0 Å². The maximum atomic E-state index is 10.7. The molecule has 0 aromatic carbocycles. The molecule has 17 heavy (non-hydrogen) atoms. The van der Waals surface area contributed by atoms with Gasteiger partial charge in [0.05, 0.1) is 25.8 Å². The topological polar surface area (TPSA) is 94.5 Å². The molecular formula is C8H18BO7P. The Balaban J connectivity index is 2.58. The Morgan fingerprint density at radius 2 is 2.12 bits per heavy atom. The molecule has 1 fully saturated rings. The average molecular weight is 268 g/mol. The SMILES string of the molecule is B[C@@H]1O[C@H](CO)C(O[PH](=O)O)C1OCCOC. The van der Waals surface area contributed by atoms with Crippen LogP contribution in [0.25, 0.3) is 0 Å². The van der Waals surface area contributed by atoms with Gasteiger partial charge in [0.25, 0.3) is 0 Å². The first kappa shape index (κ1) is 15.1. The first-order chi connectivity index (χ1) is 8.10. The van der Waals surface area contributed by atoms with Crippen molar-refractivity contribution in [3.05, 3.63) is 0 Å². The summed E-state index contributed by atoms with van der Waals surface area (Å²) >= 11 is 0. The second kappa shape index (κ2) is 7.48. The van der Waals surface area contributed by atoms with Gasteiger partial charge in [0, 0.05) is 7.11 Å². The van der Waals surface area contributed by atoms with Gasteiger partial charge in [-0.2, -0.15) is 0 Å². The van der Waals surface area contributed by atoms with E-state index in [1.54, 1.807) is 15.0 Å². The Morgan fingerprint density at radius 3 is 2.65 bits per heavy atom. The summed E-state index contributed by atoms with van der Waals surface area (Å²) in [5.41, 5.74) is 0. The minimum Gasteiger partial charge on any atom is -0.394 e. The van der Waals surface area contributed by atoms with Gasteiger partial charge in [-0.15, -0.1) is 0 Å². The van der Waals surface area contributed by atoms with Crippen LogP contribution in [0.2, 0.25) is 0 Å². The molecule has 3 unspecified atom stereocenters. The van der Waals surface area contributed by atoms with Crippen molar-refractivity contribution >= 4 is 16.1 Å². The van der Waals surface area contributed by atoms with Crippen molar-refractivity contribution in [2.45, 2.75) is 24.3 Å². The number of hydrogen-bond donors (Lipinski definition) is 2. The van der Waals surface area contributed by atoms with Crippen LogP contribution in [0.1, 0.15) is 0 Å². The van der Waals surface area contributed by atoms with Crippen LogP contribution >= 0.6 is 8.25 Å². The van der Waals surface area contributed by atoms with E-state index in [1.807, 2.05) is 0 Å². The number of aliphatic hydroxyl groups is 1. The minimum atomic E-state index is -3.10. The average Bonchev–Trinajstić information content (AvgIpc) is 2.56. The Labute approximate surface area is 101 Å². The van der Waals surface area contributed by atoms with Crippen molar-refractivity contribution < 1.29 is 33.3 Å². The Kier molecular flexibility index (Phi) is 6.65. The highest BCUT2D eigenvalue weighted by atomic mass is 31.1. The van der Waals surface area contributed by atoms with E-state index in [4.69, 9.17) is 28.7 Å². The fraction of sp³-hybridized carbons (Fsp3) is 1.00. The van der Waals surface area contributed by atoms with Crippen molar-refractivity contribution in [2.75, 3.05) is 26.9 Å². The van der Waals surface area contributed by atoms with Crippen LogP contribution in [0.3, 0.4) is 0 Å². The summed E-state index contributed by atoms with van der Waals surface area (Å²) in [6, 6.07) is -0.310. The van der Waals surface area contributed by atoms with E-state index in [0.717, 1.165) is 0 Å². The zero-order valence-electron chi connectivity index (χ0n) is 9.87. The second-order valence-corrected chi connectivity index (χ2v) is 4.51. The molecule has 1 heterocycles. The lowest BCUT2D eigenvalue weighted by atomic mass is 9.93. The summed E-state index contributed by atoms with van der Waals surface area (Å²) in [5.74, 6) is 0. The van der Waals surface area contributed by atoms with E-state index in [9.17, 15) is 4.57 Å². The normalized spacial score (nSPS) is 35.0. The van der Waals surface area contributed by atoms with Crippen LogP contribution in [-0.2, 0) is 23.3 Å². The maximum absolute atomic E-state index is 10.7. The summed E-state index contributed by atoms with van der Waals surface area (Å²) in [6.45, 7) is 0.460. The molecule has 0 spiro atoms. The largest absolute Gasteiger partial charge is 0.394 e. The predicted molar refractivity (Wildman–Crippen MR) is 62.0 cm³/mol. The van der Waals surface area contributed by atoms with Crippen molar-refractivity contribution in [3.63, 3.8) is 0 Å². The number of ether oxygens (including phenoxy) is 3. The van der Waals surface area contributed by atoms with Crippen LogP contribution in [0, 0.1) is 0 Å². The summed E-state index contributed by atoms with van der Waals surface area (Å²) in [7, 11) is 0.215. The summed E-state index contributed by atoms with van der Waals surface area (Å²) in [4.78, 5) is 8.81. The Hall–Kier alpha value is 0.0549. The third-order valence-electron chi connectivity index (χ3n) is 2.56. The molecule has 0 aliphatic carbocycles. The standard InChI is InChI=1S/C8H18BO7P/c1-13-2-3-14-7-6(16-17(11)12)5(4-10)15-8(7)9/h5-8,10,17H,2-4,9H2,1H3,(H,11,12)/t5-,6?,7?,8-/m1/s1. The number of hydrogen-bond acceptors (Lipinski definition) is 6. The summed E-state index contributed by atoms with van der Waals surface area (Å²) < 4.78 is 31.3. The van der Waals surface area contributed by atoms with E-state index < -0.39 is 26.6 Å². The van der Waals surface area contributed by atoms with Crippen LogP contribution in [-0.4, -0.2) is 69.1 Å². The van der Waals surface area contributed by atoms with E-state index in [2.05, 4.69) is 0 Å². The fourth-order valence-electron chi connectivity index (χ4n) is 1.81. The molecule has 1 rings (SSSR count). The molecule has 0 aromatic heterocycles. The first-order valence-corrected chi connectivity index (χ1v) is 6.63. The van der Waals surface area contributed by atoms with Gasteiger partial charge in [-0.25, -0.2) is 0 Å². The van der Waals surface area contributed by atoms with Gasteiger partial charge in [0.2, 0.25) is 0 Å². The molecule has 1 aliphatic rings. The molecule has 0 aromatic rings. The summed E-state index contributed by atoms with van der Waals surface area (Å²) in [5, 5.41) is 9.10. The highest BCUT2D eigenvalue weighted by molar-refractivity contribution is 7.32. The smallest absolute Gasteiger partial charge is 0.317 e. The lowest BCUT2D eigenvalue weighted by Gasteiger charge is -2.22. The molecule has 2 N–H and O–H groups in total. The van der Waals surface area contributed by atoms with Crippen molar-refractivity contribution in [1.82, 2.24) is 0 Å². The van der Waals surface area contributed by atoms with Gasteiger partial charge < -0.3 is 28.7 Å². The third-order valence-corrected chi connectivity index (χ3v) is 3.03. The molecule has 100 valence electrons. The lowest BCUT2D eigenvalue weighted by Crippen LogP contribution is -2.38. The van der Waals surface area contributed by atoms with Crippen molar-refractivity contribution in [3.8, 4) is 0 Å². The number of rotatable bonds is 7. The van der Waals surface area contributed by atoms with Crippen LogP contribution < -0.4 is 0 Å². The predicted octanol–water partition coefficient (Wildman–Crippen LogP) is -1.86. The lowest BCUT2D eigenvalue weighted by molar-refractivity contribution is -0.0324. The van der Waals surface area contributed by atoms with Crippen LogP contribution in [0.4, 0.5) is 0 Å².